The number of para-hydroxylation sites is 1. The molecule has 20 heavy (non-hydrogen) atoms. The molecule has 1 N–H and O–H groups in total. The lowest BCUT2D eigenvalue weighted by Crippen LogP contribution is -2.03. The number of carbonyl (C=O) groups excluding carboxylic acids is 1. The van der Waals surface area contributed by atoms with E-state index < -0.39 is 4.92 Å². The lowest BCUT2D eigenvalue weighted by atomic mass is 10.3. The van der Waals surface area contributed by atoms with E-state index in [1.807, 2.05) is 0 Å². The highest BCUT2D eigenvalue weighted by atomic mass is 33.1. The molecule has 0 saturated heterocycles. The molecule has 0 saturated carbocycles. The van der Waals surface area contributed by atoms with Crippen LogP contribution in [0.25, 0.3) is 0 Å². The molecular formula is C11H9N3O3S3. The largest absolute Gasteiger partial charge is 0.317 e. The van der Waals surface area contributed by atoms with Crippen molar-refractivity contribution >= 4 is 49.5 Å². The standard InChI is InChI=1S/C11H9N3O3S3/c1-7(15)13-10-6-12-11(18-10)20-19-9-5-3-2-4-8(9)14(16)17/h2-6H,1H3,(H,13,15). The van der Waals surface area contributed by atoms with Crippen molar-refractivity contribution < 1.29 is 9.72 Å². The maximum absolute atomic E-state index is 10.9. The summed E-state index contributed by atoms with van der Waals surface area (Å²) in [5, 5.41) is 14.2. The Morgan fingerprint density at radius 1 is 1.40 bits per heavy atom. The van der Waals surface area contributed by atoms with E-state index in [4.69, 9.17) is 0 Å². The van der Waals surface area contributed by atoms with Gasteiger partial charge in [-0.25, -0.2) is 4.98 Å². The van der Waals surface area contributed by atoms with Gasteiger partial charge in [0.15, 0.2) is 4.34 Å². The number of anilines is 1. The third kappa shape index (κ3) is 3.95. The van der Waals surface area contributed by atoms with E-state index >= 15 is 0 Å². The maximum atomic E-state index is 10.9. The normalized spacial score (nSPS) is 10.2. The molecule has 0 spiro atoms. The molecule has 0 atom stereocenters. The van der Waals surface area contributed by atoms with Crippen LogP contribution in [0.3, 0.4) is 0 Å². The van der Waals surface area contributed by atoms with Gasteiger partial charge < -0.3 is 5.32 Å². The summed E-state index contributed by atoms with van der Waals surface area (Å²) in [5.74, 6) is -0.156. The van der Waals surface area contributed by atoms with Crippen LogP contribution in [0.5, 0.6) is 0 Å². The van der Waals surface area contributed by atoms with Gasteiger partial charge in [-0.15, -0.1) is 0 Å². The number of nitro groups is 1. The monoisotopic (exact) mass is 327 g/mol. The molecule has 0 aliphatic heterocycles. The fraction of sp³-hybridized carbons (Fsp3) is 0.0909. The number of aromatic nitrogens is 1. The number of rotatable bonds is 5. The van der Waals surface area contributed by atoms with Crippen molar-refractivity contribution in [2.45, 2.75) is 16.2 Å². The molecule has 0 aliphatic rings. The molecule has 9 heteroatoms. The Kier molecular flexibility index (Phi) is 4.99. The highest BCUT2D eigenvalue weighted by molar-refractivity contribution is 8.77. The molecule has 0 unspecified atom stereocenters. The summed E-state index contributed by atoms with van der Waals surface area (Å²) in [6.45, 7) is 1.43. The van der Waals surface area contributed by atoms with Gasteiger partial charge in [-0.1, -0.05) is 23.5 Å². The summed E-state index contributed by atoms with van der Waals surface area (Å²) in [5.41, 5.74) is 0.0728. The number of carbonyl (C=O) groups is 1. The summed E-state index contributed by atoms with van der Waals surface area (Å²) >= 11 is 1.32. The molecule has 0 radical (unpaired) electrons. The van der Waals surface area contributed by atoms with Crippen molar-refractivity contribution in [3.05, 3.63) is 40.6 Å². The summed E-state index contributed by atoms with van der Waals surface area (Å²) in [6.07, 6.45) is 1.56. The van der Waals surface area contributed by atoms with Crippen LogP contribution in [0.1, 0.15) is 6.92 Å². The van der Waals surface area contributed by atoms with Gasteiger partial charge in [-0.05, 0) is 27.7 Å². The minimum absolute atomic E-state index is 0.0728. The van der Waals surface area contributed by atoms with E-state index in [-0.39, 0.29) is 11.6 Å². The van der Waals surface area contributed by atoms with E-state index in [0.717, 1.165) is 4.34 Å². The molecule has 1 aromatic carbocycles. The van der Waals surface area contributed by atoms with Crippen molar-refractivity contribution in [3.63, 3.8) is 0 Å². The van der Waals surface area contributed by atoms with E-state index in [1.54, 1.807) is 24.4 Å². The number of nitro benzene ring substituents is 1. The molecule has 2 rings (SSSR count). The summed E-state index contributed by atoms with van der Waals surface area (Å²) in [6, 6.07) is 6.54. The summed E-state index contributed by atoms with van der Waals surface area (Å²) < 4.78 is 0.719. The third-order valence-electron chi connectivity index (χ3n) is 2.05. The minimum Gasteiger partial charge on any atom is -0.317 e. The number of nitrogens with zero attached hydrogens (tertiary/aromatic N) is 2. The number of thiazole rings is 1. The Morgan fingerprint density at radius 3 is 2.85 bits per heavy atom. The van der Waals surface area contributed by atoms with E-state index in [0.29, 0.717) is 9.90 Å². The predicted molar refractivity (Wildman–Crippen MR) is 81.2 cm³/mol. The molecule has 104 valence electrons. The fourth-order valence-electron chi connectivity index (χ4n) is 1.29. The van der Waals surface area contributed by atoms with Gasteiger partial charge in [0, 0.05) is 13.0 Å². The molecule has 2 aromatic rings. The predicted octanol–water partition coefficient (Wildman–Crippen LogP) is 3.81. The fourth-order valence-corrected chi connectivity index (χ4v) is 4.55. The first-order valence-electron chi connectivity index (χ1n) is 5.37. The quantitative estimate of drug-likeness (QED) is 0.510. The molecule has 0 fully saturated rings. The van der Waals surface area contributed by atoms with Gasteiger partial charge in [0.2, 0.25) is 5.91 Å². The Bertz CT molecular complexity index is 645. The van der Waals surface area contributed by atoms with Crippen molar-refractivity contribution in [1.82, 2.24) is 4.98 Å². The van der Waals surface area contributed by atoms with Crippen molar-refractivity contribution in [2.24, 2.45) is 0 Å². The zero-order valence-electron chi connectivity index (χ0n) is 10.2. The number of benzene rings is 1. The third-order valence-corrected chi connectivity index (χ3v) is 5.69. The highest BCUT2D eigenvalue weighted by Gasteiger charge is 2.14. The molecule has 1 aromatic heterocycles. The van der Waals surface area contributed by atoms with Gasteiger partial charge >= 0.3 is 0 Å². The number of hydrogen-bond donors (Lipinski definition) is 1. The van der Waals surface area contributed by atoms with Gasteiger partial charge in [-0.2, -0.15) is 0 Å². The number of nitrogens with one attached hydrogen (secondary N) is 1. The zero-order valence-corrected chi connectivity index (χ0v) is 12.7. The van der Waals surface area contributed by atoms with Crippen LogP contribution in [0, 0.1) is 10.1 Å². The van der Waals surface area contributed by atoms with Crippen LogP contribution < -0.4 is 5.32 Å². The summed E-state index contributed by atoms with van der Waals surface area (Å²) in [4.78, 5) is 26.1. The second-order valence-corrected chi connectivity index (χ2v) is 7.01. The van der Waals surface area contributed by atoms with Crippen LogP contribution in [0.2, 0.25) is 0 Å². The van der Waals surface area contributed by atoms with E-state index in [1.165, 1.54) is 45.9 Å². The maximum Gasteiger partial charge on any atom is 0.283 e. The molecule has 0 aliphatic carbocycles. The second-order valence-electron chi connectivity index (χ2n) is 3.56. The Labute approximate surface area is 126 Å². The van der Waals surface area contributed by atoms with Crippen LogP contribution in [-0.2, 0) is 4.79 Å². The van der Waals surface area contributed by atoms with Crippen LogP contribution >= 0.6 is 32.9 Å². The average Bonchev–Trinajstić information content (AvgIpc) is 2.83. The van der Waals surface area contributed by atoms with Gasteiger partial charge in [0.1, 0.15) is 5.00 Å². The Balaban J connectivity index is 2.04. The van der Waals surface area contributed by atoms with Crippen LogP contribution in [0.4, 0.5) is 10.7 Å². The molecule has 1 heterocycles. The lowest BCUT2D eigenvalue weighted by Gasteiger charge is -1.99. The van der Waals surface area contributed by atoms with Crippen molar-refractivity contribution in [1.29, 1.82) is 0 Å². The van der Waals surface area contributed by atoms with E-state index in [9.17, 15) is 14.9 Å². The zero-order chi connectivity index (χ0) is 14.5. The van der Waals surface area contributed by atoms with Crippen molar-refractivity contribution in [3.8, 4) is 0 Å². The molecule has 6 nitrogen and oxygen atoms in total. The molecule has 1 amide bonds. The Morgan fingerprint density at radius 2 is 2.15 bits per heavy atom. The lowest BCUT2D eigenvalue weighted by molar-refractivity contribution is -0.387. The average molecular weight is 327 g/mol. The topological polar surface area (TPSA) is 85.1 Å². The van der Waals surface area contributed by atoms with E-state index in [2.05, 4.69) is 10.3 Å². The van der Waals surface area contributed by atoms with Gasteiger partial charge in [0.05, 0.1) is 16.0 Å². The van der Waals surface area contributed by atoms with Crippen molar-refractivity contribution in [2.75, 3.05) is 5.32 Å². The number of hydrogen-bond acceptors (Lipinski definition) is 7. The van der Waals surface area contributed by atoms with Crippen LogP contribution in [0.15, 0.2) is 39.7 Å². The highest BCUT2D eigenvalue weighted by Crippen LogP contribution is 2.43. The van der Waals surface area contributed by atoms with Gasteiger partial charge in [-0.3, -0.25) is 14.9 Å². The Hall–Kier alpha value is -1.58. The summed E-state index contributed by atoms with van der Waals surface area (Å²) in [7, 11) is 2.59. The SMILES string of the molecule is CC(=O)Nc1cnc(SSc2ccccc2[N+](=O)[O-])s1. The molecular weight excluding hydrogens is 318 g/mol. The first-order chi connectivity index (χ1) is 9.56. The van der Waals surface area contributed by atoms with Crippen LogP contribution in [-0.4, -0.2) is 15.8 Å². The first-order valence-corrected chi connectivity index (χ1v) is 8.34. The smallest absolute Gasteiger partial charge is 0.283 e. The molecule has 0 bridgehead atoms. The first kappa shape index (κ1) is 14.8. The van der Waals surface area contributed by atoms with Gasteiger partial charge in [0.25, 0.3) is 5.69 Å². The second kappa shape index (κ2) is 6.73. The number of amides is 1. The minimum atomic E-state index is -0.409.